The molecule has 1 amide bonds. The molecule has 2 heterocycles. The molecule has 16 nitrogen and oxygen atoms in total. The highest BCUT2D eigenvalue weighted by Crippen LogP contribution is 2.27. The van der Waals surface area contributed by atoms with Crippen molar-refractivity contribution in [3.8, 4) is 0 Å². The highest BCUT2D eigenvalue weighted by molar-refractivity contribution is 5.73. The van der Waals surface area contributed by atoms with E-state index in [1.54, 1.807) is 4.90 Å². The number of esters is 6. The summed E-state index contributed by atoms with van der Waals surface area (Å²) in [7, 11) is 1.96. The SMILES string of the molecule is CCCCCCCCC(=O)OCC(COC(=O)CCCCCCCC)CC(=O)OC[C@H]1CCCC[C@@H](COC(=O)CC(COC(=O)CCCCCCCC)COC(=O)CCCCCCCC)N1C(=O)OC1CCN(C)C1. The molecule has 440 valence electrons. The van der Waals surface area contributed by atoms with Gasteiger partial charge < -0.3 is 38.1 Å². The van der Waals surface area contributed by atoms with Crippen LogP contribution in [0.15, 0.2) is 0 Å². The zero-order valence-corrected chi connectivity index (χ0v) is 48.4. The highest BCUT2D eigenvalue weighted by atomic mass is 16.6. The molecular formula is C60H106N2O14. The van der Waals surface area contributed by atoms with E-state index < -0.39 is 42.0 Å². The van der Waals surface area contributed by atoms with Gasteiger partial charge in [0.25, 0.3) is 0 Å². The Morgan fingerprint density at radius 2 is 0.724 bits per heavy atom. The Kier molecular flexibility index (Phi) is 40.3. The first-order valence-electron chi connectivity index (χ1n) is 30.5. The van der Waals surface area contributed by atoms with Crippen molar-refractivity contribution in [3.05, 3.63) is 0 Å². The molecule has 0 aromatic carbocycles. The Morgan fingerprint density at radius 1 is 0.408 bits per heavy atom. The summed E-state index contributed by atoms with van der Waals surface area (Å²) in [5.41, 5.74) is 0. The fourth-order valence-corrected chi connectivity index (χ4v) is 9.79. The maximum Gasteiger partial charge on any atom is 0.410 e. The van der Waals surface area contributed by atoms with Gasteiger partial charge in [-0.25, -0.2) is 4.79 Å². The number of ether oxygens (including phenoxy) is 7. The molecule has 3 atom stereocenters. The molecule has 1 unspecified atom stereocenters. The van der Waals surface area contributed by atoms with Crippen LogP contribution in [0.3, 0.4) is 0 Å². The minimum absolute atomic E-state index is 0.108. The quantitative estimate of drug-likeness (QED) is 0.0318. The van der Waals surface area contributed by atoms with Crippen LogP contribution in [-0.4, -0.2) is 130 Å². The maximum atomic E-state index is 14.2. The van der Waals surface area contributed by atoms with Gasteiger partial charge in [0, 0.05) is 50.6 Å². The van der Waals surface area contributed by atoms with Gasteiger partial charge >= 0.3 is 41.9 Å². The van der Waals surface area contributed by atoms with Crippen molar-refractivity contribution in [2.45, 2.75) is 271 Å². The second-order valence-electron chi connectivity index (χ2n) is 21.9. The first kappa shape index (κ1) is 68.2. The number of amides is 1. The molecule has 2 saturated heterocycles. The summed E-state index contributed by atoms with van der Waals surface area (Å²) < 4.78 is 40.4. The maximum absolute atomic E-state index is 14.2. The molecule has 76 heavy (non-hydrogen) atoms. The van der Waals surface area contributed by atoms with Crippen LogP contribution < -0.4 is 0 Å². The van der Waals surface area contributed by atoms with Gasteiger partial charge in [-0.15, -0.1) is 0 Å². The third-order valence-corrected chi connectivity index (χ3v) is 14.6. The molecule has 0 spiro atoms. The Labute approximate surface area is 459 Å². The topological polar surface area (TPSA) is 191 Å². The number of hydrogen-bond donors (Lipinski definition) is 0. The summed E-state index contributed by atoms with van der Waals surface area (Å²) in [6.07, 6.45) is 27.5. The van der Waals surface area contributed by atoms with Gasteiger partial charge in [-0.05, 0) is 52.0 Å². The van der Waals surface area contributed by atoms with Crippen LogP contribution in [-0.2, 0) is 61.9 Å². The minimum Gasteiger partial charge on any atom is -0.465 e. The van der Waals surface area contributed by atoms with Gasteiger partial charge in [0.1, 0.15) is 19.3 Å². The lowest BCUT2D eigenvalue weighted by Gasteiger charge is -2.35. The number of likely N-dealkylation sites (tertiary alicyclic amines) is 2. The smallest absolute Gasteiger partial charge is 0.410 e. The number of rotatable bonds is 45. The Balaban J connectivity index is 2.16. The van der Waals surface area contributed by atoms with Crippen molar-refractivity contribution in [2.75, 3.05) is 59.8 Å². The minimum atomic E-state index is -0.632. The molecule has 2 aliphatic rings. The zero-order chi connectivity index (χ0) is 55.4. The fraction of sp³-hybridized carbons (Fsp3) is 0.883. The van der Waals surface area contributed by atoms with E-state index in [2.05, 4.69) is 32.6 Å². The third kappa shape index (κ3) is 34.7. The lowest BCUT2D eigenvalue weighted by atomic mass is 10.1. The summed E-state index contributed by atoms with van der Waals surface area (Å²) in [5, 5.41) is 0. The van der Waals surface area contributed by atoms with E-state index in [4.69, 9.17) is 33.2 Å². The first-order valence-corrected chi connectivity index (χ1v) is 30.5. The van der Waals surface area contributed by atoms with Crippen molar-refractivity contribution >= 4 is 41.9 Å². The van der Waals surface area contributed by atoms with Crippen molar-refractivity contribution in [2.24, 2.45) is 11.8 Å². The predicted octanol–water partition coefficient (Wildman–Crippen LogP) is 12.7. The van der Waals surface area contributed by atoms with Crippen LogP contribution in [0.4, 0.5) is 4.79 Å². The summed E-state index contributed by atoms with van der Waals surface area (Å²) in [6.45, 7) is 9.25. The average molecular weight is 1080 g/mol. The van der Waals surface area contributed by atoms with Gasteiger partial charge in [-0.1, -0.05) is 169 Å². The molecule has 2 aliphatic heterocycles. The molecular weight excluding hydrogens is 973 g/mol. The number of nitrogens with zero attached hydrogens (tertiary/aromatic N) is 2. The molecule has 0 N–H and O–H groups in total. The number of carbonyl (C=O) groups excluding carboxylic acids is 7. The molecule has 0 aliphatic carbocycles. The van der Waals surface area contributed by atoms with Crippen molar-refractivity contribution in [1.82, 2.24) is 9.80 Å². The van der Waals surface area contributed by atoms with E-state index in [0.717, 1.165) is 109 Å². The van der Waals surface area contributed by atoms with Crippen LogP contribution >= 0.6 is 0 Å². The number of likely N-dealkylation sites (N-methyl/N-ethyl adjacent to an activating group) is 1. The predicted molar refractivity (Wildman–Crippen MR) is 294 cm³/mol. The molecule has 0 aromatic heterocycles. The van der Waals surface area contributed by atoms with Crippen molar-refractivity contribution in [1.29, 1.82) is 0 Å². The van der Waals surface area contributed by atoms with Gasteiger partial charge in [0.2, 0.25) is 0 Å². The molecule has 0 saturated carbocycles. The lowest BCUT2D eigenvalue weighted by Crippen LogP contribution is -2.51. The summed E-state index contributed by atoms with van der Waals surface area (Å²) >= 11 is 0. The van der Waals surface area contributed by atoms with Crippen LogP contribution in [0.25, 0.3) is 0 Å². The third-order valence-electron chi connectivity index (χ3n) is 14.6. The highest BCUT2D eigenvalue weighted by Gasteiger charge is 2.38. The van der Waals surface area contributed by atoms with E-state index in [1.807, 2.05) is 7.05 Å². The molecule has 2 rings (SSSR count). The van der Waals surface area contributed by atoms with Crippen molar-refractivity contribution in [3.63, 3.8) is 0 Å². The van der Waals surface area contributed by atoms with E-state index in [-0.39, 0.29) is 108 Å². The van der Waals surface area contributed by atoms with E-state index in [1.165, 1.54) is 25.7 Å². The summed E-state index contributed by atoms with van der Waals surface area (Å²) in [5.74, 6) is -3.89. The lowest BCUT2D eigenvalue weighted by molar-refractivity contribution is -0.156. The number of hydrogen-bond acceptors (Lipinski definition) is 15. The Morgan fingerprint density at radius 3 is 1.03 bits per heavy atom. The van der Waals surface area contributed by atoms with Crippen LogP contribution in [0, 0.1) is 11.8 Å². The molecule has 0 aromatic rings. The second-order valence-corrected chi connectivity index (χ2v) is 21.9. The second kappa shape index (κ2) is 45.0. The van der Waals surface area contributed by atoms with Gasteiger partial charge in [0.15, 0.2) is 0 Å². The molecule has 0 radical (unpaired) electrons. The van der Waals surface area contributed by atoms with E-state index >= 15 is 0 Å². The first-order chi connectivity index (χ1) is 36.9. The van der Waals surface area contributed by atoms with Crippen LogP contribution in [0.2, 0.25) is 0 Å². The largest absolute Gasteiger partial charge is 0.465 e. The van der Waals surface area contributed by atoms with Gasteiger partial charge in [-0.2, -0.15) is 0 Å². The Bertz CT molecular complexity index is 1420. The summed E-state index contributed by atoms with van der Waals surface area (Å²) in [6, 6.07) is -1.20. The Hall–Kier alpha value is -3.95. The van der Waals surface area contributed by atoms with Crippen LogP contribution in [0.1, 0.15) is 252 Å². The monoisotopic (exact) mass is 1080 g/mol. The zero-order valence-electron chi connectivity index (χ0n) is 48.4. The molecule has 2 fully saturated rings. The average Bonchev–Trinajstić information content (AvgIpc) is 3.70. The number of carbonyl (C=O) groups is 7. The summed E-state index contributed by atoms with van der Waals surface area (Å²) in [4.78, 5) is 96.3. The fourth-order valence-electron chi connectivity index (χ4n) is 9.79. The van der Waals surface area contributed by atoms with Gasteiger partial charge in [-0.3, -0.25) is 33.7 Å². The standard InChI is InChI=1S/C60H106N2O14/c1-6-10-14-18-22-26-34-54(63)70-43-49(44-71-55(64)35-27-23-19-15-11-7-2)40-58(67)74-47-51-32-30-31-33-52(62(51)60(69)76-53-38-39-61(5)42-53)48-75-59(68)41-50(45-72-56(65)36-28-24-20-16-12-8-3)46-73-57(66)37-29-25-21-17-13-9-4/h49-53H,6-48H2,1-5H3/t51-,52+,53?. The van der Waals surface area contributed by atoms with Crippen LogP contribution in [0.5, 0.6) is 0 Å². The van der Waals surface area contributed by atoms with Crippen molar-refractivity contribution < 1.29 is 66.7 Å². The normalized spacial score (nSPS) is 16.8. The number of unbranched alkanes of at least 4 members (excludes halogenated alkanes) is 20. The molecule has 16 heteroatoms. The van der Waals surface area contributed by atoms with E-state index in [9.17, 15) is 33.6 Å². The molecule has 0 bridgehead atoms. The van der Waals surface area contributed by atoms with E-state index in [0.29, 0.717) is 64.3 Å². The van der Waals surface area contributed by atoms with Gasteiger partial charge in [0.05, 0.1) is 51.4 Å².